The zero-order chi connectivity index (χ0) is 14.5. The summed E-state index contributed by atoms with van der Waals surface area (Å²) in [6.07, 6.45) is 2.44. The lowest BCUT2D eigenvalue weighted by Crippen LogP contribution is -2.32. The van der Waals surface area contributed by atoms with E-state index in [0.717, 1.165) is 19.6 Å². The molecule has 1 aromatic carbocycles. The van der Waals surface area contributed by atoms with E-state index >= 15 is 0 Å². The number of hydrogen-bond donors (Lipinski definition) is 1. The van der Waals surface area contributed by atoms with Gasteiger partial charge in [0.2, 0.25) is 0 Å². The first-order valence-electron chi connectivity index (χ1n) is 7.86. The summed E-state index contributed by atoms with van der Waals surface area (Å²) in [5.74, 6) is 0. The van der Waals surface area contributed by atoms with Crippen molar-refractivity contribution in [1.82, 2.24) is 10.2 Å². The van der Waals surface area contributed by atoms with E-state index in [1.165, 1.54) is 41.9 Å². The predicted molar refractivity (Wildman–Crippen MR) is 90.8 cm³/mol. The Bertz CT molecular complexity index is 576. The van der Waals surface area contributed by atoms with Gasteiger partial charge in [0, 0.05) is 24.5 Å². The van der Waals surface area contributed by atoms with Gasteiger partial charge in [-0.25, -0.2) is 0 Å². The lowest BCUT2D eigenvalue weighted by molar-refractivity contribution is 0.250. The number of aryl methyl sites for hydroxylation is 1. The summed E-state index contributed by atoms with van der Waals surface area (Å²) < 4.78 is 0. The molecule has 0 radical (unpaired) electrons. The molecular formula is C18H24N2S. The molecule has 0 aliphatic carbocycles. The van der Waals surface area contributed by atoms with Gasteiger partial charge in [-0.1, -0.05) is 24.3 Å². The van der Waals surface area contributed by atoms with Crippen LogP contribution in [0.25, 0.3) is 0 Å². The van der Waals surface area contributed by atoms with Gasteiger partial charge >= 0.3 is 0 Å². The number of benzene rings is 1. The number of fused-ring (bicyclic) bond motifs is 1. The van der Waals surface area contributed by atoms with E-state index in [0.29, 0.717) is 0 Å². The summed E-state index contributed by atoms with van der Waals surface area (Å²) in [6.45, 7) is 7.85. The fourth-order valence-corrected chi connectivity index (χ4v) is 3.84. The topological polar surface area (TPSA) is 15.3 Å². The van der Waals surface area contributed by atoms with Crippen LogP contribution in [0.3, 0.4) is 0 Å². The molecule has 3 heteroatoms. The van der Waals surface area contributed by atoms with Gasteiger partial charge in [-0.15, -0.1) is 11.3 Å². The molecule has 2 heterocycles. The van der Waals surface area contributed by atoms with Crippen LogP contribution < -0.4 is 5.32 Å². The van der Waals surface area contributed by atoms with Crippen LogP contribution in [0.15, 0.2) is 35.7 Å². The van der Waals surface area contributed by atoms with Crippen LogP contribution in [0, 0.1) is 6.92 Å². The zero-order valence-corrected chi connectivity index (χ0v) is 13.6. The van der Waals surface area contributed by atoms with E-state index in [1.807, 2.05) is 11.3 Å². The van der Waals surface area contributed by atoms with Crippen molar-refractivity contribution in [3.63, 3.8) is 0 Å². The molecule has 0 atom stereocenters. The third-order valence-electron chi connectivity index (χ3n) is 4.29. The summed E-state index contributed by atoms with van der Waals surface area (Å²) in [6, 6.07) is 11.1. The lowest BCUT2D eigenvalue weighted by Gasteiger charge is -2.28. The zero-order valence-electron chi connectivity index (χ0n) is 12.8. The summed E-state index contributed by atoms with van der Waals surface area (Å²) in [5, 5.41) is 5.75. The summed E-state index contributed by atoms with van der Waals surface area (Å²) in [5.41, 5.74) is 4.48. The van der Waals surface area contributed by atoms with Crippen LogP contribution in [-0.4, -0.2) is 24.5 Å². The molecular weight excluding hydrogens is 276 g/mol. The van der Waals surface area contributed by atoms with Crippen molar-refractivity contribution in [1.29, 1.82) is 0 Å². The fraction of sp³-hybridized carbons (Fsp3) is 0.444. The fourth-order valence-electron chi connectivity index (χ4n) is 2.96. The van der Waals surface area contributed by atoms with Gasteiger partial charge in [0.1, 0.15) is 0 Å². The molecule has 112 valence electrons. The highest BCUT2D eigenvalue weighted by atomic mass is 32.1. The smallest absolute Gasteiger partial charge is 0.0302 e. The maximum absolute atomic E-state index is 3.57. The Morgan fingerprint density at radius 3 is 2.86 bits per heavy atom. The quantitative estimate of drug-likeness (QED) is 0.820. The van der Waals surface area contributed by atoms with E-state index in [4.69, 9.17) is 0 Å². The van der Waals surface area contributed by atoms with Gasteiger partial charge in [0.05, 0.1) is 0 Å². The Morgan fingerprint density at radius 1 is 1.19 bits per heavy atom. The van der Waals surface area contributed by atoms with Gasteiger partial charge in [-0.3, -0.25) is 4.90 Å². The summed E-state index contributed by atoms with van der Waals surface area (Å²) >= 11 is 1.86. The predicted octanol–water partition coefficient (Wildman–Crippen LogP) is 3.59. The first-order chi connectivity index (χ1) is 10.3. The average Bonchev–Trinajstić information content (AvgIpc) is 2.92. The standard InChI is InChI=1S/C18H24N2S/c1-15-8-12-21-18(15)13-19-9-4-10-20-11-7-16-5-2-3-6-17(16)14-20/h2-3,5-6,8,12,19H,4,7,9-11,13-14H2,1H3. The minimum atomic E-state index is 1.02. The average molecular weight is 300 g/mol. The van der Waals surface area contributed by atoms with Crippen LogP contribution in [0.5, 0.6) is 0 Å². The number of nitrogens with zero attached hydrogens (tertiary/aromatic N) is 1. The van der Waals surface area contributed by atoms with E-state index in [-0.39, 0.29) is 0 Å². The molecule has 1 aliphatic heterocycles. The van der Waals surface area contributed by atoms with Crippen molar-refractivity contribution in [3.8, 4) is 0 Å². The first-order valence-corrected chi connectivity index (χ1v) is 8.74. The Kier molecular flexibility index (Phi) is 5.07. The molecule has 0 saturated heterocycles. The van der Waals surface area contributed by atoms with Crippen molar-refractivity contribution < 1.29 is 0 Å². The Morgan fingerprint density at radius 2 is 2.05 bits per heavy atom. The number of nitrogens with one attached hydrogen (secondary N) is 1. The molecule has 0 fully saturated rings. The van der Waals surface area contributed by atoms with E-state index < -0.39 is 0 Å². The van der Waals surface area contributed by atoms with Gasteiger partial charge in [-0.05, 0) is 61.0 Å². The Labute approximate surface area is 131 Å². The SMILES string of the molecule is Cc1ccsc1CNCCCN1CCc2ccccc2C1. The third kappa shape index (κ3) is 3.94. The first kappa shape index (κ1) is 14.8. The maximum atomic E-state index is 3.57. The van der Waals surface area contributed by atoms with Gasteiger partial charge in [0.25, 0.3) is 0 Å². The van der Waals surface area contributed by atoms with Gasteiger partial charge < -0.3 is 5.32 Å². The molecule has 1 N–H and O–H groups in total. The number of rotatable bonds is 6. The van der Waals surface area contributed by atoms with Crippen molar-refractivity contribution in [3.05, 3.63) is 57.3 Å². The van der Waals surface area contributed by atoms with Crippen molar-refractivity contribution >= 4 is 11.3 Å². The monoisotopic (exact) mass is 300 g/mol. The molecule has 2 nitrogen and oxygen atoms in total. The minimum Gasteiger partial charge on any atom is -0.312 e. The van der Waals surface area contributed by atoms with Crippen LogP contribution in [0.2, 0.25) is 0 Å². The molecule has 2 aromatic rings. The second kappa shape index (κ2) is 7.21. The van der Waals surface area contributed by atoms with Crippen LogP contribution in [0.4, 0.5) is 0 Å². The molecule has 0 amide bonds. The Hall–Kier alpha value is -1.16. The lowest BCUT2D eigenvalue weighted by atomic mass is 10.00. The second-order valence-corrected chi connectivity index (χ2v) is 6.85. The maximum Gasteiger partial charge on any atom is 0.0302 e. The van der Waals surface area contributed by atoms with Crippen LogP contribution >= 0.6 is 11.3 Å². The van der Waals surface area contributed by atoms with Crippen LogP contribution in [-0.2, 0) is 19.5 Å². The highest BCUT2D eigenvalue weighted by Gasteiger charge is 2.14. The van der Waals surface area contributed by atoms with Crippen molar-refractivity contribution in [2.75, 3.05) is 19.6 Å². The highest BCUT2D eigenvalue weighted by Crippen LogP contribution is 2.18. The van der Waals surface area contributed by atoms with Gasteiger partial charge in [-0.2, -0.15) is 0 Å². The van der Waals surface area contributed by atoms with Crippen LogP contribution in [0.1, 0.15) is 28.0 Å². The molecule has 3 rings (SSSR count). The van der Waals surface area contributed by atoms with Crippen molar-refractivity contribution in [2.45, 2.75) is 32.9 Å². The second-order valence-electron chi connectivity index (χ2n) is 5.85. The summed E-state index contributed by atoms with van der Waals surface area (Å²) in [7, 11) is 0. The molecule has 0 saturated carbocycles. The third-order valence-corrected chi connectivity index (χ3v) is 5.31. The molecule has 21 heavy (non-hydrogen) atoms. The number of thiophene rings is 1. The van der Waals surface area contributed by atoms with Crippen molar-refractivity contribution in [2.24, 2.45) is 0 Å². The number of hydrogen-bond acceptors (Lipinski definition) is 3. The van der Waals surface area contributed by atoms with Gasteiger partial charge in [0.15, 0.2) is 0 Å². The normalized spacial score (nSPS) is 15.1. The highest BCUT2D eigenvalue weighted by molar-refractivity contribution is 7.10. The minimum absolute atomic E-state index is 1.02. The van der Waals surface area contributed by atoms with E-state index in [2.05, 4.69) is 52.9 Å². The largest absolute Gasteiger partial charge is 0.312 e. The van der Waals surface area contributed by atoms with E-state index in [9.17, 15) is 0 Å². The van der Waals surface area contributed by atoms with E-state index in [1.54, 1.807) is 5.56 Å². The molecule has 0 unspecified atom stereocenters. The molecule has 0 spiro atoms. The summed E-state index contributed by atoms with van der Waals surface area (Å²) in [4.78, 5) is 4.06. The molecule has 1 aromatic heterocycles. The molecule has 1 aliphatic rings. The molecule has 0 bridgehead atoms. The Balaban J connectivity index is 1.36.